The van der Waals surface area contributed by atoms with E-state index in [-0.39, 0.29) is 0 Å². The molecule has 1 rings (SSSR count). The van der Waals surface area contributed by atoms with Crippen molar-refractivity contribution in [2.24, 2.45) is 4.99 Å². The van der Waals surface area contributed by atoms with Gasteiger partial charge >= 0.3 is 0 Å². The van der Waals surface area contributed by atoms with E-state index in [2.05, 4.69) is 4.99 Å². The number of hydrogen-bond acceptors (Lipinski definition) is 5. The summed E-state index contributed by atoms with van der Waals surface area (Å²) < 4.78 is 15.3. The molecule has 5 heteroatoms. The molecule has 0 aliphatic rings. The van der Waals surface area contributed by atoms with Crippen LogP contribution in [0.25, 0.3) is 0 Å². The molecule has 0 saturated carbocycles. The number of carbonyl (C=O) groups excluding carboxylic acids is 1. The number of benzene rings is 1. The highest BCUT2D eigenvalue weighted by Crippen LogP contribution is 2.43. The highest BCUT2D eigenvalue weighted by Gasteiger charge is 2.15. The van der Waals surface area contributed by atoms with Gasteiger partial charge in [0.15, 0.2) is 11.5 Å². The van der Waals surface area contributed by atoms with E-state index in [9.17, 15) is 4.79 Å². The first-order valence-corrected chi connectivity index (χ1v) is 4.15. The summed E-state index contributed by atoms with van der Waals surface area (Å²) in [5, 5.41) is 0. The molecule has 0 aliphatic heterocycles. The number of nitrogens with zero attached hydrogens (tertiary/aromatic N) is 1. The molecular formula is C10H11NO4. The third-order valence-electron chi connectivity index (χ3n) is 1.85. The van der Waals surface area contributed by atoms with Gasteiger partial charge in [0.1, 0.15) is 5.69 Å². The molecule has 0 atom stereocenters. The summed E-state index contributed by atoms with van der Waals surface area (Å²) in [5.41, 5.74) is 0.352. The van der Waals surface area contributed by atoms with Crippen LogP contribution in [-0.4, -0.2) is 27.4 Å². The van der Waals surface area contributed by atoms with Crippen LogP contribution in [-0.2, 0) is 4.79 Å². The molecule has 0 aromatic heterocycles. The molecule has 0 spiro atoms. The van der Waals surface area contributed by atoms with Crippen molar-refractivity contribution in [1.82, 2.24) is 0 Å². The fourth-order valence-corrected chi connectivity index (χ4v) is 1.22. The molecule has 0 unspecified atom stereocenters. The minimum atomic E-state index is 0.347. The lowest BCUT2D eigenvalue weighted by Crippen LogP contribution is -1.94. The average molecular weight is 209 g/mol. The molecule has 5 nitrogen and oxygen atoms in total. The normalized spacial score (nSPS) is 9.00. The van der Waals surface area contributed by atoms with Crippen molar-refractivity contribution in [3.8, 4) is 17.2 Å². The maximum Gasteiger partial charge on any atom is 0.240 e. The molecule has 0 amide bonds. The molecule has 0 N–H and O–H groups in total. The van der Waals surface area contributed by atoms with E-state index in [0.29, 0.717) is 22.9 Å². The summed E-state index contributed by atoms with van der Waals surface area (Å²) in [7, 11) is 4.45. The number of hydrogen-bond donors (Lipinski definition) is 0. The molecule has 0 aliphatic carbocycles. The van der Waals surface area contributed by atoms with E-state index in [4.69, 9.17) is 14.2 Å². The Bertz CT molecular complexity index is 397. The first-order valence-electron chi connectivity index (χ1n) is 4.15. The van der Waals surface area contributed by atoms with Crippen LogP contribution in [0.4, 0.5) is 5.69 Å². The molecule has 15 heavy (non-hydrogen) atoms. The Balaban J connectivity index is 3.40. The summed E-state index contributed by atoms with van der Waals surface area (Å²) in [6, 6.07) is 3.22. The Morgan fingerprint density at radius 1 is 1.07 bits per heavy atom. The van der Waals surface area contributed by atoms with Crippen LogP contribution < -0.4 is 14.2 Å². The molecule has 80 valence electrons. The summed E-state index contributed by atoms with van der Waals surface area (Å²) in [6.07, 6.45) is 1.45. The van der Waals surface area contributed by atoms with E-state index in [1.54, 1.807) is 12.1 Å². The number of isocyanates is 1. The minimum absolute atomic E-state index is 0.347. The van der Waals surface area contributed by atoms with Gasteiger partial charge in [0.25, 0.3) is 0 Å². The van der Waals surface area contributed by atoms with E-state index in [0.717, 1.165) is 0 Å². The summed E-state index contributed by atoms with van der Waals surface area (Å²) in [4.78, 5) is 13.7. The van der Waals surface area contributed by atoms with Crippen molar-refractivity contribution in [3.05, 3.63) is 12.1 Å². The Hall–Kier alpha value is -2.00. The van der Waals surface area contributed by atoms with Crippen molar-refractivity contribution in [1.29, 1.82) is 0 Å². The largest absolute Gasteiger partial charge is 0.493 e. The van der Waals surface area contributed by atoms with Crippen molar-refractivity contribution in [3.63, 3.8) is 0 Å². The standard InChI is InChI=1S/C10H11NO4/c1-13-8-5-4-7(11-6-12)9(14-2)10(8)15-3/h4-5H,1-3H3. The van der Waals surface area contributed by atoms with E-state index >= 15 is 0 Å². The van der Waals surface area contributed by atoms with Gasteiger partial charge in [-0.2, -0.15) is 4.99 Å². The zero-order chi connectivity index (χ0) is 11.3. The molecule has 0 saturated heterocycles. The van der Waals surface area contributed by atoms with Crippen LogP contribution in [0, 0.1) is 0 Å². The molecule has 1 aromatic rings. The highest BCUT2D eigenvalue weighted by molar-refractivity contribution is 5.67. The van der Waals surface area contributed by atoms with Gasteiger partial charge in [0.05, 0.1) is 21.3 Å². The topological polar surface area (TPSA) is 57.1 Å². The van der Waals surface area contributed by atoms with Gasteiger partial charge < -0.3 is 14.2 Å². The Morgan fingerprint density at radius 3 is 2.20 bits per heavy atom. The molecular weight excluding hydrogens is 198 g/mol. The lowest BCUT2D eigenvalue weighted by atomic mass is 10.2. The van der Waals surface area contributed by atoms with Gasteiger partial charge in [-0.1, -0.05) is 0 Å². The Morgan fingerprint density at radius 2 is 1.73 bits per heavy atom. The van der Waals surface area contributed by atoms with Crippen LogP contribution in [0.3, 0.4) is 0 Å². The fraction of sp³-hybridized carbons (Fsp3) is 0.300. The molecule has 1 aromatic carbocycles. The lowest BCUT2D eigenvalue weighted by molar-refractivity contribution is 0.325. The van der Waals surface area contributed by atoms with E-state index in [1.807, 2.05) is 0 Å². The molecule has 0 heterocycles. The summed E-state index contributed by atoms with van der Waals surface area (Å²) >= 11 is 0. The van der Waals surface area contributed by atoms with Crippen LogP contribution >= 0.6 is 0 Å². The molecule has 0 bridgehead atoms. The van der Waals surface area contributed by atoms with Crippen molar-refractivity contribution in [2.75, 3.05) is 21.3 Å². The van der Waals surface area contributed by atoms with E-state index in [1.165, 1.54) is 27.4 Å². The summed E-state index contributed by atoms with van der Waals surface area (Å²) in [6.45, 7) is 0. The molecule has 0 radical (unpaired) electrons. The second kappa shape index (κ2) is 5.02. The predicted octanol–water partition coefficient (Wildman–Crippen LogP) is 1.68. The average Bonchev–Trinajstić information content (AvgIpc) is 2.28. The zero-order valence-corrected chi connectivity index (χ0v) is 8.73. The minimum Gasteiger partial charge on any atom is -0.493 e. The Kier molecular flexibility index (Phi) is 3.71. The Labute approximate surface area is 87.3 Å². The SMILES string of the molecule is COc1ccc(N=C=O)c(OC)c1OC. The fourth-order valence-electron chi connectivity index (χ4n) is 1.22. The van der Waals surface area contributed by atoms with Gasteiger partial charge in [-0.3, -0.25) is 0 Å². The zero-order valence-electron chi connectivity index (χ0n) is 8.73. The van der Waals surface area contributed by atoms with Crippen molar-refractivity contribution < 1.29 is 19.0 Å². The van der Waals surface area contributed by atoms with Gasteiger partial charge in [0.2, 0.25) is 11.8 Å². The summed E-state index contributed by atoms with van der Waals surface area (Å²) in [5.74, 6) is 1.26. The van der Waals surface area contributed by atoms with Crippen LogP contribution in [0.1, 0.15) is 0 Å². The van der Waals surface area contributed by atoms with E-state index < -0.39 is 0 Å². The third-order valence-corrected chi connectivity index (χ3v) is 1.85. The van der Waals surface area contributed by atoms with Gasteiger partial charge in [-0.05, 0) is 12.1 Å². The first-order chi connectivity index (χ1) is 7.28. The number of ether oxygens (including phenoxy) is 3. The van der Waals surface area contributed by atoms with Crippen molar-refractivity contribution >= 4 is 11.8 Å². The second-order valence-electron chi connectivity index (χ2n) is 2.56. The number of methoxy groups -OCH3 is 3. The smallest absolute Gasteiger partial charge is 0.240 e. The highest BCUT2D eigenvalue weighted by atomic mass is 16.5. The maximum atomic E-state index is 10.2. The lowest BCUT2D eigenvalue weighted by Gasteiger charge is -2.12. The van der Waals surface area contributed by atoms with Crippen molar-refractivity contribution in [2.45, 2.75) is 0 Å². The van der Waals surface area contributed by atoms with Gasteiger partial charge in [0, 0.05) is 0 Å². The van der Waals surface area contributed by atoms with Gasteiger partial charge in [-0.15, -0.1) is 0 Å². The third kappa shape index (κ3) is 2.08. The van der Waals surface area contributed by atoms with Crippen LogP contribution in [0.5, 0.6) is 17.2 Å². The number of rotatable bonds is 4. The van der Waals surface area contributed by atoms with Crippen LogP contribution in [0.15, 0.2) is 17.1 Å². The molecule has 0 fully saturated rings. The predicted molar refractivity (Wildman–Crippen MR) is 53.9 cm³/mol. The maximum absolute atomic E-state index is 10.2. The first kappa shape index (κ1) is 11.1. The monoisotopic (exact) mass is 209 g/mol. The van der Waals surface area contributed by atoms with Gasteiger partial charge in [-0.25, -0.2) is 4.79 Å². The quantitative estimate of drug-likeness (QED) is 0.559. The second-order valence-corrected chi connectivity index (χ2v) is 2.56. The number of aliphatic imine (C=N–C) groups is 1. The van der Waals surface area contributed by atoms with Crippen LogP contribution in [0.2, 0.25) is 0 Å².